The Morgan fingerprint density at radius 1 is 1.29 bits per heavy atom. The number of furan rings is 1. The Morgan fingerprint density at radius 2 is 2.04 bits per heavy atom. The fourth-order valence-corrected chi connectivity index (χ4v) is 3.56. The van der Waals surface area contributed by atoms with E-state index in [-0.39, 0.29) is 23.6 Å². The molecule has 2 aromatic heterocycles. The molecule has 7 heteroatoms. The minimum Gasteiger partial charge on any atom is -0.467 e. The molecule has 1 aromatic carbocycles. The lowest BCUT2D eigenvalue weighted by Crippen LogP contribution is -2.33. The van der Waals surface area contributed by atoms with Crippen molar-refractivity contribution in [1.29, 1.82) is 5.26 Å². The molecule has 0 unspecified atom stereocenters. The van der Waals surface area contributed by atoms with Crippen LogP contribution in [0.2, 0.25) is 5.02 Å². The lowest BCUT2D eigenvalue weighted by molar-refractivity contribution is 0.387. The zero-order chi connectivity index (χ0) is 19.8. The van der Waals surface area contributed by atoms with Gasteiger partial charge < -0.3 is 19.5 Å². The van der Waals surface area contributed by atoms with Crippen molar-refractivity contribution in [3.8, 4) is 11.8 Å². The molecule has 6 nitrogen and oxygen atoms in total. The van der Waals surface area contributed by atoms with E-state index in [9.17, 15) is 10.1 Å². The second kappa shape index (κ2) is 6.95. The van der Waals surface area contributed by atoms with Crippen LogP contribution in [0, 0.1) is 18.3 Å². The predicted octanol–water partition coefficient (Wildman–Crippen LogP) is 3.67. The van der Waals surface area contributed by atoms with Gasteiger partial charge in [-0.05, 0) is 36.8 Å². The number of aryl methyl sites for hydroxylation is 1. The van der Waals surface area contributed by atoms with Gasteiger partial charge in [-0.2, -0.15) is 5.26 Å². The Bertz CT molecular complexity index is 1170. The first kappa shape index (κ1) is 18.0. The van der Waals surface area contributed by atoms with Crippen molar-refractivity contribution >= 4 is 11.6 Å². The Labute approximate surface area is 166 Å². The highest BCUT2D eigenvalue weighted by molar-refractivity contribution is 6.30. The van der Waals surface area contributed by atoms with Crippen molar-refractivity contribution in [3.05, 3.63) is 98.1 Å². The number of halogens is 1. The number of nitriles is 1. The molecule has 3 heterocycles. The molecular formula is C21H16ClN3O3. The Balaban J connectivity index is 1.94. The highest BCUT2D eigenvalue weighted by atomic mass is 35.5. The molecule has 0 saturated heterocycles. The summed E-state index contributed by atoms with van der Waals surface area (Å²) in [4.78, 5) is 13.4. The van der Waals surface area contributed by atoms with E-state index < -0.39 is 5.92 Å². The molecule has 0 bridgehead atoms. The number of allylic oxidation sites excluding steroid dienone is 1. The molecule has 2 N–H and O–H groups in total. The maximum atomic E-state index is 13.4. The third-order valence-corrected chi connectivity index (χ3v) is 5.04. The highest BCUT2D eigenvalue weighted by Gasteiger charge is 2.34. The first-order valence-corrected chi connectivity index (χ1v) is 8.97. The van der Waals surface area contributed by atoms with Gasteiger partial charge in [-0.15, -0.1) is 0 Å². The molecule has 0 fully saturated rings. The lowest BCUT2D eigenvalue weighted by Gasteiger charge is -2.27. The molecule has 1 aliphatic rings. The fraction of sp³-hybridized carbons (Fsp3) is 0.143. The van der Waals surface area contributed by atoms with Crippen LogP contribution in [0.5, 0.6) is 5.75 Å². The number of pyridine rings is 1. The third kappa shape index (κ3) is 2.96. The molecule has 28 heavy (non-hydrogen) atoms. The van der Waals surface area contributed by atoms with Crippen molar-refractivity contribution in [2.45, 2.75) is 19.4 Å². The topological polar surface area (TPSA) is 94.2 Å². The van der Waals surface area contributed by atoms with E-state index in [0.29, 0.717) is 27.8 Å². The summed E-state index contributed by atoms with van der Waals surface area (Å²) < 4.78 is 12.6. The van der Waals surface area contributed by atoms with Gasteiger partial charge in [0.15, 0.2) is 0 Å². The summed E-state index contributed by atoms with van der Waals surface area (Å²) in [6.07, 6.45) is 1.56. The number of hydrogen-bond acceptors (Lipinski definition) is 5. The molecular weight excluding hydrogens is 378 g/mol. The molecule has 140 valence electrons. The Hall–Kier alpha value is -3.43. The van der Waals surface area contributed by atoms with Crippen molar-refractivity contribution in [2.75, 3.05) is 0 Å². The molecule has 0 saturated carbocycles. The summed E-state index contributed by atoms with van der Waals surface area (Å²) in [5, 5.41) is 10.2. The van der Waals surface area contributed by atoms with Gasteiger partial charge >= 0.3 is 0 Å². The second-order valence-electron chi connectivity index (χ2n) is 6.51. The van der Waals surface area contributed by atoms with E-state index in [4.69, 9.17) is 26.5 Å². The van der Waals surface area contributed by atoms with Crippen LogP contribution in [-0.4, -0.2) is 4.57 Å². The number of rotatable bonds is 3. The molecule has 0 amide bonds. The van der Waals surface area contributed by atoms with Crippen LogP contribution in [0.3, 0.4) is 0 Å². The normalized spacial score (nSPS) is 15.7. The predicted molar refractivity (Wildman–Crippen MR) is 104 cm³/mol. The average Bonchev–Trinajstić information content (AvgIpc) is 3.18. The van der Waals surface area contributed by atoms with E-state index in [2.05, 4.69) is 6.07 Å². The number of ether oxygens (including phenoxy) is 1. The number of aromatic nitrogens is 1. The van der Waals surface area contributed by atoms with Gasteiger partial charge in [0.05, 0.1) is 24.3 Å². The molecule has 1 aliphatic heterocycles. The van der Waals surface area contributed by atoms with Crippen LogP contribution >= 0.6 is 11.6 Å². The van der Waals surface area contributed by atoms with Gasteiger partial charge in [0.25, 0.3) is 5.56 Å². The zero-order valence-electron chi connectivity index (χ0n) is 15.0. The van der Waals surface area contributed by atoms with Crippen molar-refractivity contribution in [1.82, 2.24) is 4.57 Å². The molecule has 1 atom stereocenters. The fourth-order valence-electron chi connectivity index (χ4n) is 3.43. The maximum absolute atomic E-state index is 13.4. The second-order valence-corrected chi connectivity index (χ2v) is 6.95. The van der Waals surface area contributed by atoms with Crippen LogP contribution in [0.4, 0.5) is 0 Å². The van der Waals surface area contributed by atoms with Gasteiger partial charge in [0.1, 0.15) is 23.2 Å². The van der Waals surface area contributed by atoms with Crippen LogP contribution < -0.4 is 16.0 Å². The monoisotopic (exact) mass is 393 g/mol. The average molecular weight is 394 g/mol. The highest BCUT2D eigenvalue weighted by Crippen LogP contribution is 2.40. The molecule has 0 radical (unpaired) electrons. The Morgan fingerprint density at radius 3 is 2.68 bits per heavy atom. The largest absolute Gasteiger partial charge is 0.467 e. The summed E-state index contributed by atoms with van der Waals surface area (Å²) in [6, 6.07) is 14.4. The summed E-state index contributed by atoms with van der Waals surface area (Å²) in [6.45, 7) is 2.09. The summed E-state index contributed by atoms with van der Waals surface area (Å²) >= 11 is 6.00. The zero-order valence-corrected chi connectivity index (χ0v) is 15.7. The molecule has 0 spiro atoms. The number of fused-ring (bicyclic) bond motifs is 1. The van der Waals surface area contributed by atoms with E-state index in [1.165, 1.54) is 0 Å². The van der Waals surface area contributed by atoms with Crippen molar-refractivity contribution in [3.63, 3.8) is 0 Å². The lowest BCUT2D eigenvalue weighted by atomic mass is 9.84. The maximum Gasteiger partial charge on any atom is 0.259 e. The third-order valence-electron chi connectivity index (χ3n) is 4.79. The quantitative estimate of drug-likeness (QED) is 0.732. The number of benzene rings is 1. The van der Waals surface area contributed by atoms with Crippen LogP contribution in [0.15, 0.2) is 69.4 Å². The SMILES string of the molecule is Cc1cc2c(c(=O)n1Cc1ccco1)[C@H](c1ccc(Cl)cc1)C(C#N)=C(N)O2. The molecule has 3 aromatic rings. The first-order valence-electron chi connectivity index (χ1n) is 8.59. The van der Waals surface area contributed by atoms with Gasteiger partial charge in [-0.3, -0.25) is 4.79 Å². The minimum absolute atomic E-state index is 0.00228. The van der Waals surface area contributed by atoms with Crippen LogP contribution in [0.1, 0.15) is 28.5 Å². The van der Waals surface area contributed by atoms with Crippen molar-refractivity contribution < 1.29 is 9.15 Å². The smallest absolute Gasteiger partial charge is 0.259 e. The molecule has 0 aliphatic carbocycles. The van der Waals surface area contributed by atoms with Crippen LogP contribution in [0.25, 0.3) is 0 Å². The Kier molecular flexibility index (Phi) is 4.46. The number of nitrogens with zero attached hydrogens (tertiary/aromatic N) is 2. The van der Waals surface area contributed by atoms with Gasteiger partial charge in [0, 0.05) is 16.8 Å². The van der Waals surface area contributed by atoms with Gasteiger partial charge in [-0.25, -0.2) is 0 Å². The summed E-state index contributed by atoms with van der Waals surface area (Å²) in [7, 11) is 0. The van der Waals surface area contributed by atoms with E-state index in [0.717, 1.165) is 5.56 Å². The standard InChI is InChI=1S/C21H16ClN3O3/c1-12-9-17-19(21(26)25(12)11-15-3-2-8-27-15)18(16(10-23)20(24)28-17)13-4-6-14(22)7-5-13/h2-9,18H,11,24H2,1H3/t18-/m1/s1. The summed E-state index contributed by atoms with van der Waals surface area (Å²) in [5.74, 6) is 0.370. The first-order chi connectivity index (χ1) is 13.5. The van der Waals surface area contributed by atoms with E-state index in [1.807, 2.05) is 6.92 Å². The van der Waals surface area contributed by atoms with E-state index >= 15 is 0 Å². The van der Waals surface area contributed by atoms with Crippen LogP contribution in [-0.2, 0) is 6.54 Å². The number of nitrogens with two attached hydrogens (primary N) is 1. The van der Waals surface area contributed by atoms with Gasteiger partial charge in [-0.1, -0.05) is 23.7 Å². The van der Waals surface area contributed by atoms with Crippen molar-refractivity contribution in [2.24, 2.45) is 5.73 Å². The number of hydrogen-bond donors (Lipinski definition) is 1. The minimum atomic E-state index is -0.637. The molecule has 4 rings (SSSR count). The van der Waals surface area contributed by atoms with E-state index in [1.54, 1.807) is 53.3 Å². The summed E-state index contributed by atoms with van der Waals surface area (Å²) in [5.41, 5.74) is 7.73. The van der Waals surface area contributed by atoms with Gasteiger partial charge in [0.2, 0.25) is 5.88 Å².